The minimum atomic E-state index is 0. The molecule has 0 amide bonds. The maximum atomic E-state index is 3.78. The third kappa shape index (κ3) is 15.4. The lowest BCUT2D eigenvalue weighted by molar-refractivity contribution is 1.17. The number of imidazole rings is 1. The number of hydrogen-bond acceptors (Lipinski definition) is 4. The molecule has 0 aliphatic carbocycles. The number of nitrogens with one attached hydrogen (secondary N) is 1. The number of H-pyrrole nitrogens is 1. The maximum Gasteiger partial charge on any atom is 0.115 e. The van der Waals surface area contributed by atoms with Crippen LogP contribution in [0.15, 0.2) is 74.1 Å². The molecule has 0 aliphatic rings. The van der Waals surface area contributed by atoms with Gasteiger partial charge in [0.15, 0.2) is 0 Å². The topological polar surface area (TPSA) is 67.3 Å². The molecule has 0 aliphatic heterocycles. The molecule has 3 heterocycles. The van der Waals surface area contributed by atoms with Gasteiger partial charge in [0.2, 0.25) is 0 Å². The van der Waals surface area contributed by atoms with Crippen molar-refractivity contribution in [2.45, 2.75) is 22.3 Å². The van der Waals surface area contributed by atoms with Gasteiger partial charge in [-0.25, -0.2) is 15.0 Å². The van der Waals surface area contributed by atoms with Gasteiger partial charge in [-0.1, -0.05) is 28.3 Å². The monoisotopic (exact) mass is 275 g/mol. The van der Waals surface area contributed by atoms with E-state index in [4.69, 9.17) is 0 Å². The summed E-state index contributed by atoms with van der Waals surface area (Å²) in [6.45, 7) is 0. The Hall–Kier alpha value is -2.56. The van der Waals surface area contributed by atoms with Crippen molar-refractivity contribution < 1.29 is 0 Å². The summed E-state index contributed by atoms with van der Waals surface area (Å²) in [5, 5.41) is 0. The Morgan fingerprint density at radius 3 is 1.30 bits per heavy atom. The quantitative estimate of drug-likeness (QED) is 0.676. The minimum Gasteiger partial charge on any atom is -0.351 e. The van der Waals surface area contributed by atoms with Crippen molar-refractivity contribution in [3.8, 4) is 0 Å². The van der Waals surface area contributed by atoms with Crippen LogP contribution in [0.3, 0.4) is 0 Å². The normalized spacial score (nSPS) is 6.80. The van der Waals surface area contributed by atoms with Crippen LogP contribution in [0.1, 0.15) is 22.3 Å². The molecular weight excluding hydrogens is 250 g/mol. The highest BCUT2D eigenvalue weighted by atomic mass is 14.8. The zero-order chi connectivity index (χ0) is 12.0. The zero-order valence-corrected chi connectivity index (χ0v) is 9.22. The molecule has 0 saturated carbocycles. The van der Waals surface area contributed by atoms with Gasteiger partial charge in [0.25, 0.3) is 0 Å². The highest BCUT2D eigenvalue weighted by Crippen LogP contribution is 1.73. The summed E-state index contributed by atoms with van der Waals surface area (Å²) in [4.78, 5) is 17.5. The molecule has 5 nitrogen and oxygen atoms in total. The second-order valence-electron chi connectivity index (χ2n) is 2.69. The molecule has 3 rings (SSSR count). The molecule has 0 radical (unpaired) electrons. The van der Waals surface area contributed by atoms with Crippen LogP contribution in [0.2, 0.25) is 0 Å². The Balaban J connectivity index is -0.000000202. The van der Waals surface area contributed by atoms with Crippen LogP contribution < -0.4 is 0 Å². The lowest BCUT2D eigenvalue weighted by Gasteiger charge is -1.70. The fourth-order valence-corrected chi connectivity index (χ4v) is 0.781. The first-order valence-electron chi connectivity index (χ1n) is 4.98. The number of aromatic nitrogens is 5. The second-order valence-corrected chi connectivity index (χ2v) is 2.69. The second kappa shape index (κ2) is 18.8. The molecule has 110 valence electrons. The third-order valence-corrected chi connectivity index (χ3v) is 1.45. The highest BCUT2D eigenvalue weighted by Gasteiger charge is 1.59. The van der Waals surface area contributed by atoms with E-state index in [1.54, 1.807) is 49.6 Å². The molecule has 5 heteroatoms. The Morgan fingerprint density at radius 1 is 0.550 bits per heavy atom. The van der Waals surface area contributed by atoms with Crippen molar-refractivity contribution in [1.82, 2.24) is 24.9 Å². The van der Waals surface area contributed by atoms with Crippen LogP contribution in [-0.4, -0.2) is 24.9 Å². The van der Waals surface area contributed by atoms with Crippen LogP contribution in [-0.2, 0) is 0 Å². The van der Waals surface area contributed by atoms with E-state index >= 15 is 0 Å². The molecular formula is C15H25N5. The molecule has 20 heavy (non-hydrogen) atoms. The van der Waals surface area contributed by atoms with Crippen LogP contribution in [0.5, 0.6) is 0 Å². The number of nitrogens with zero attached hydrogens (tertiary/aromatic N) is 4. The highest BCUT2D eigenvalue weighted by molar-refractivity contribution is 4.88. The Morgan fingerprint density at radius 2 is 1.15 bits per heavy atom. The van der Waals surface area contributed by atoms with E-state index in [0.717, 1.165) is 0 Å². The summed E-state index contributed by atoms with van der Waals surface area (Å²) in [5.41, 5.74) is 0. The van der Waals surface area contributed by atoms with Crippen molar-refractivity contribution >= 4 is 0 Å². The van der Waals surface area contributed by atoms with Crippen molar-refractivity contribution in [3.05, 3.63) is 74.1 Å². The molecule has 0 bridgehead atoms. The summed E-state index contributed by atoms with van der Waals surface area (Å²) in [6.07, 6.45) is 13.5. The van der Waals surface area contributed by atoms with Crippen LogP contribution in [0, 0.1) is 0 Å². The lowest BCUT2D eigenvalue weighted by atomic mass is 10.5. The predicted molar refractivity (Wildman–Crippen MR) is 85.0 cm³/mol. The molecule has 1 N–H and O–H groups in total. The largest absolute Gasteiger partial charge is 0.351 e. The summed E-state index contributed by atoms with van der Waals surface area (Å²) >= 11 is 0. The zero-order valence-electron chi connectivity index (χ0n) is 9.22. The summed E-state index contributed by atoms with van der Waals surface area (Å²) in [7, 11) is 0. The molecule has 0 aromatic carbocycles. The smallest absolute Gasteiger partial charge is 0.115 e. The van der Waals surface area contributed by atoms with E-state index in [0.29, 0.717) is 0 Å². The first-order valence-corrected chi connectivity index (χ1v) is 4.98. The molecule has 0 unspecified atom stereocenters. The van der Waals surface area contributed by atoms with Crippen LogP contribution in [0.25, 0.3) is 0 Å². The number of rotatable bonds is 0. The molecule has 3 aromatic rings. The van der Waals surface area contributed by atoms with Crippen molar-refractivity contribution in [2.75, 3.05) is 0 Å². The Bertz CT molecular complexity index is 326. The number of hydrogen-bond donors (Lipinski definition) is 1. The van der Waals surface area contributed by atoms with Gasteiger partial charge in [-0.05, 0) is 18.2 Å². The van der Waals surface area contributed by atoms with Gasteiger partial charge in [0.05, 0.1) is 6.33 Å². The van der Waals surface area contributed by atoms with Gasteiger partial charge in [-0.2, -0.15) is 0 Å². The van der Waals surface area contributed by atoms with E-state index in [9.17, 15) is 0 Å². The standard InChI is InChI=1S/C5H5N.C4H4N2.C3H4N2.3CH4/c1-2-4-6-5-3-1;1-2-5-4-6-3-1;1-2-5-3-4-1;;;/h1-5H;1-4H;1-3H,(H,4,5);3*1H4. The van der Waals surface area contributed by atoms with Gasteiger partial charge in [0.1, 0.15) is 6.33 Å². The van der Waals surface area contributed by atoms with Gasteiger partial charge in [-0.15, -0.1) is 0 Å². The van der Waals surface area contributed by atoms with Gasteiger partial charge in [-0.3, -0.25) is 4.98 Å². The summed E-state index contributed by atoms with van der Waals surface area (Å²) < 4.78 is 0. The first-order chi connectivity index (χ1) is 8.50. The number of aromatic amines is 1. The lowest BCUT2D eigenvalue weighted by Crippen LogP contribution is -1.66. The van der Waals surface area contributed by atoms with E-state index in [2.05, 4.69) is 24.9 Å². The van der Waals surface area contributed by atoms with Gasteiger partial charge >= 0.3 is 0 Å². The van der Waals surface area contributed by atoms with E-state index in [1.165, 1.54) is 6.33 Å². The number of pyridine rings is 1. The Labute approximate surface area is 122 Å². The summed E-state index contributed by atoms with van der Waals surface area (Å²) in [5.74, 6) is 0. The van der Waals surface area contributed by atoms with E-state index < -0.39 is 0 Å². The average molecular weight is 275 g/mol. The van der Waals surface area contributed by atoms with Crippen LogP contribution >= 0.6 is 0 Å². The third-order valence-electron chi connectivity index (χ3n) is 1.45. The fraction of sp³-hybridized carbons (Fsp3) is 0.200. The average Bonchev–Trinajstić information content (AvgIpc) is 3.03. The first kappa shape index (κ1) is 22.6. The van der Waals surface area contributed by atoms with Crippen LogP contribution in [0.4, 0.5) is 0 Å². The van der Waals surface area contributed by atoms with Crippen molar-refractivity contribution in [2.24, 2.45) is 0 Å². The van der Waals surface area contributed by atoms with Gasteiger partial charge < -0.3 is 4.98 Å². The van der Waals surface area contributed by atoms with E-state index in [-0.39, 0.29) is 22.3 Å². The maximum absolute atomic E-state index is 3.78. The molecule has 0 saturated heterocycles. The Kier molecular flexibility index (Phi) is 21.2. The molecule has 0 fully saturated rings. The molecule has 0 spiro atoms. The predicted octanol–water partition coefficient (Wildman–Crippen LogP) is 3.88. The minimum absolute atomic E-state index is 0. The SMILES string of the molecule is C.C.C.c1c[nH]cn1.c1ccncc1.c1cncnc1. The van der Waals surface area contributed by atoms with Crippen molar-refractivity contribution in [1.29, 1.82) is 0 Å². The summed E-state index contributed by atoms with van der Waals surface area (Å²) in [6, 6.07) is 7.49. The van der Waals surface area contributed by atoms with Gasteiger partial charge in [0, 0.05) is 37.2 Å². The molecule has 3 aromatic heterocycles. The van der Waals surface area contributed by atoms with E-state index in [1.807, 2.05) is 18.2 Å². The fourth-order valence-electron chi connectivity index (χ4n) is 0.781. The van der Waals surface area contributed by atoms with Crippen molar-refractivity contribution in [3.63, 3.8) is 0 Å². The molecule has 0 atom stereocenters.